The first-order valence-corrected chi connectivity index (χ1v) is 7.50. The van der Waals surface area contributed by atoms with Gasteiger partial charge < -0.3 is 9.73 Å². The number of hydrogen-bond donors (Lipinski definition) is 1. The monoisotopic (exact) mass is 301 g/mol. The molecule has 112 valence electrons. The number of benzene rings is 3. The van der Waals surface area contributed by atoms with E-state index in [4.69, 9.17) is 4.42 Å². The summed E-state index contributed by atoms with van der Waals surface area (Å²) in [5.41, 5.74) is 2.62. The average Bonchev–Trinajstić information content (AvgIpc) is 2.98. The van der Waals surface area contributed by atoms with Crippen LogP contribution in [0.2, 0.25) is 0 Å². The highest BCUT2D eigenvalue weighted by molar-refractivity contribution is 6.09. The molecule has 0 saturated carbocycles. The molecule has 1 N–H and O–H groups in total. The van der Waals surface area contributed by atoms with Crippen molar-refractivity contribution in [1.29, 1.82) is 0 Å². The van der Waals surface area contributed by atoms with E-state index in [9.17, 15) is 4.79 Å². The smallest absolute Gasteiger partial charge is 0.291 e. The number of carbonyl (C=O) groups excluding carboxylic acids is 1. The molecule has 1 amide bonds. The second-order valence-electron chi connectivity index (χ2n) is 5.63. The fourth-order valence-corrected chi connectivity index (χ4v) is 2.77. The Morgan fingerprint density at radius 3 is 2.65 bits per heavy atom. The number of aryl methyl sites for hydroxylation is 1. The molecule has 4 aromatic rings. The van der Waals surface area contributed by atoms with E-state index in [0.717, 1.165) is 33.0 Å². The van der Waals surface area contributed by atoms with Gasteiger partial charge in [-0.2, -0.15) is 0 Å². The van der Waals surface area contributed by atoms with Gasteiger partial charge in [0.15, 0.2) is 5.76 Å². The number of carbonyl (C=O) groups is 1. The van der Waals surface area contributed by atoms with Gasteiger partial charge in [0.25, 0.3) is 5.91 Å². The molecular formula is C20H15NO2. The van der Waals surface area contributed by atoms with Crippen LogP contribution in [0.25, 0.3) is 21.7 Å². The van der Waals surface area contributed by atoms with Crippen LogP contribution in [0.5, 0.6) is 0 Å². The zero-order valence-corrected chi connectivity index (χ0v) is 12.7. The van der Waals surface area contributed by atoms with Crippen LogP contribution in [-0.2, 0) is 0 Å². The number of anilines is 1. The maximum absolute atomic E-state index is 12.5. The summed E-state index contributed by atoms with van der Waals surface area (Å²) in [4.78, 5) is 12.5. The maximum atomic E-state index is 12.5. The molecule has 0 unspecified atom stereocenters. The maximum Gasteiger partial charge on any atom is 0.291 e. The summed E-state index contributed by atoms with van der Waals surface area (Å²) in [5, 5.41) is 5.97. The Morgan fingerprint density at radius 1 is 0.913 bits per heavy atom. The molecule has 1 aromatic heterocycles. The highest BCUT2D eigenvalue weighted by Gasteiger charge is 2.13. The Kier molecular flexibility index (Phi) is 3.12. The minimum absolute atomic E-state index is 0.241. The second-order valence-corrected chi connectivity index (χ2v) is 5.63. The Balaban J connectivity index is 1.70. The molecule has 0 saturated heterocycles. The summed E-state index contributed by atoms with van der Waals surface area (Å²) < 4.78 is 5.68. The van der Waals surface area contributed by atoms with E-state index in [1.54, 1.807) is 6.07 Å². The first-order chi connectivity index (χ1) is 11.2. The molecular weight excluding hydrogens is 286 g/mol. The zero-order chi connectivity index (χ0) is 15.8. The molecule has 23 heavy (non-hydrogen) atoms. The van der Waals surface area contributed by atoms with Crippen LogP contribution >= 0.6 is 0 Å². The largest absolute Gasteiger partial charge is 0.451 e. The molecule has 0 spiro atoms. The van der Waals surface area contributed by atoms with E-state index in [2.05, 4.69) is 5.32 Å². The van der Waals surface area contributed by atoms with Crippen molar-refractivity contribution in [1.82, 2.24) is 0 Å². The summed E-state index contributed by atoms with van der Waals surface area (Å²) in [5.74, 6) is 0.0775. The van der Waals surface area contributed by atoms with Crippen LogP contribution in [0.1, 0.15) is 16.1 Å². The molecule has 0 radical (unpaired) electrons. The third-order valence-electron chi connectivity index (χ3n) is 3.94. The number of nitrogens with one attached hydrogen (secondary N) is 1. The molecule has 1 heterocycles. The van der Waals surface area contributed by atoms with E-state index in [0.29, 0.717) is 5.76 Å². The molecule has 3 nitrogen and oxygen atoms in total. The lowest BCUT2D eigenvalue weighted by Gasteiger charge is -2.07. The van der Waals surface area contributed by atoms with E-state index in [-0.39, 0.29) is 5.91 Å². The number of furan rings is 1. The van der Waals surface area contributed by atoms with Crippen molar-refractivity contribution < 1.29 is 9.21 Å². The van der Waals surface area contributed by atoms with Crippen molar-refractivity contribution in [3.8, 4) is 0 Å². The third kappa shape index (κ3) is 2.46. The SMILES string of the molecule is Cc1ccc2cc(C(=O)Nc3cccc4ccccc34)oc2c1. The summed E-state index contributed by atoms with van der Waals surface area (Å²) in [6, 6.07) is 21.5. The predicted octanol–water partition coefficient (Wildman–Crippen LogP) is 5.15. The van der Waals surface area contributed by atoms with Crippen LogP contribution < -0.4 is 5.32 Å². The fraction of sp³-hybridized carbons (Fsp3) is 0.0500. The fourth-order valence-electron chi connectivity index (χ4n) is 2.77. The number of amides is 1. The Labute approximate surface area is 133 Å². The van der Waals surface area contributed by atoms with Crippen molar-refractivity contribution in [2.75, 3.05) is 5.32 Å². The number of hydrogen-bond acceptors (Lipinski definition) is 2. The normalized spacial score (nSPS) is 11.0. The highest BCUT2D eigenvalue weighted by atomic mass is 16.3. The molecule has 0 aliphatic rings. The van der Waals surface area contributed by atoms with Gasteiger partial charge in [-0.15, -0.1) is 0 Å². The Hall–Kier alpha value is -3.07. The van der Waals surface area contributed by atoms with Gasteiger partial charge in [0.1, 0.15) is 5.58 Å². The standard InChI is InChI=1S/C20H15NO2/c1-13-9-10-15-12-19(23-18(15)11-13)20(22)21-17-8-4-6-14-5-2-3-7-16(14)17/h2-12H,1H3,(H,21,22). The molecule has 0 fully saturated rings. The van der Waals surface area contributed by atoms with Crippen molar-refractivity contribution in [2.24, 2.45) is 0 Å². The van der Waals surface area contributed by atoms with Gasteiger partial charge in [-0.05, 0) is 36.1 Å². The minimum Gasteiger partial charge on any atom is -0.451 e. The van der Waals surface area contributed by atoms with Crippen LogP contribution in [0.4, 0.5) is 5.69 Å². The number of fused-ring (bicyclic) bond motifs is 2. The highest BCUT2D eigenvalue weighted by Crippen LogP contribution is 2.25. The second kappa shape index (κ2) is 5.29. The van der Waals surface area contributed by atoms with E-state index >= 15 is 0 Å². The van der Waals surface area contributed by atoms with Crippen LogP contribution in [-0.4, -0.2) is 5.91 Å². The molecule has 3 aromatic carbocycles. The van der Waals surface area contributed by atoms with Crippen molar-refractivity contribution in [3.63, 3.8) is 0 Å². The van der Waals surface area contributed by atoms with Gasteiger partial charge in [-0.3, -0.25) is 4.79 Å². The minimum atomic E-state index is -0.241. The molecule has 0 bridgehead atoms. The van der Waals surface area contributed by atoms with Crippen LogP contribution in [0, 0.1) is 6.92 Å². The molecule has 0 atom stereocenters. The van der Waals surface area contributed by atoms with Crippen molar-refractivity contribution >= 4 is 33.3 Å². The van der Waals surface area contributed by atoms with Gasteiger partial charge in [0, 0.05) is 16.5 Å². The van der Waals surface area contributed by atoms with Gasteiger partial charge in [-0.25, -0.2) is 0 Å². The van der Waals surface area contributed by atoms with E-state index in [1.807, 2.05) is 67.6 Å². The summed E-state index contributed by atoms with van der Waals surface area (Å²) in [6.07, 6.45) is 0. The lowest BCUT2D eigenvalue weighted by molar-refractivity contribution is 0.0999. The van der Waals surface area contributed by atoms with Crippen molar-refractivity contribution in [2.45, 2.75) is 6.92 Å². The summed E-state index contributed by atoms with van der Waals surface area (Å²) in [7, 11) is 0. The summed E-state index contributed by atoms with van der Waals surface area (Å²) >= 11 is 0. The summed E-state index contributed by atoms with van der Waals surface area (Å²) in [6.45, 7) is 2.00. The molecule has 3 heteroatoms. The van der Waals surface area contributed by atoms with Gasteiger partial charge in [-0.1, -0.05) is 48.5 Å². The molecule has 4 rings (SSSR count). The van der Waals surface area contributed by atoms with E-state index in [1.165, 1.54) is 0 Å². The van der Waals surface area contributed by atoms with Crippen molar-refractivity contribution in [3.05, 3.63) is 78.1 Å². The van der Waals surface area contributed by atoms with Gasteiger partial charge in [0.2, 0.25) is 0 Å². The van der Waals surface area contributed by atoms with E-state index < -0.39 is 0 Å². The third-order valence-corrected chi connectivity index (χ3v) is 3.94. The average molecular weight is 301 g/mol. The topological polar surface area (TPSA) is 42.2 Å². The first kappa shape index (κ1) is 13.6. The van der Waals surface area contributed by atoms with Crippen LogP contribution in [0.3, 0.4) is 0 Å². The van der Waals surface area contributed by atoms with Crippen LogP contribution in [0.15, 0.2) is 71.1 Å². The molecule has 0 aliphatic carbocycles. The zero-order valence-electron chi connectivity index (χ0n) is 12.7. The number of rotatable bonds is 2. The quantitative estimate of drug-likeness (QED) is 0.556. The predicted molar refractivity (Wildman–Crippen MR) is 92.9 cm³/mol. The lowest BCUT2D eigenvalue weighted by Crippen LogP contribution is -2.11. The first-order valence-electron chi connectivity index (χ1n) is 7.50. The molecule has 0 aliphatic heterocycles. The Morgan fingerprint density at radius 2 is 1.74 bits per heavy atom. The van der Waals surface area contributed by atoms with Gasteiger partial charge >= 0.3 is 0 Å². The lowest BCUT2D eigenvalue weighted by atomic mass is 10.1. The Bertz CT molecular complexity index is 1020. The van der Waals surface area contributed by atoms with Gasteiger partial charge in [0.05, 0.1) is 0 Å².